The van der Waals surface area contributed by atoms with Crippen LogP contribution in [-0.2, 0) is 0 Å². The predicted molar refractivity (Wildman–Crippen MR) is 71.7 cm³/mol. The molecule has 1 aliphatic carbocycles. The van der Waals surface area contributed by atoms with Crippen LogP contribution in [0.15, 0.2) is 24.3 Å². The summed E-state index contributed by atoms with van der Waals surface area (Å²) in [5.74, 6) is 0.405. The molecule has 2 nitrogen and oxygen atoms in total. The Hall–Kier alpha value is -0.600. The van der Waals surface area contributed by atoms with E-state index >= 15 is 0 Å². The first-order valence-electron chi connectivity index (χ1n) is 6.45. The summed E-state index contributed by atoms with van der Waals surface area (Å²) < 4.78 is 0. The van der Waals surface area contributed by atoms with Crippen molar-refractivity contribution in [1.82, 2.24) is 0 Å². The van der Waals surface area contributed by atoms with Gasteiger partial charge in [0.2, 0.25) is 0 Å². The molecule has 2 heteroatoms. The largest absolute Gasteiger partial charge is 0.389 e. The van der Waals surface area contributed by atoms with E-state index in [1.54, 1.807) is 13.0 Å². The van der Waals surface area contributed by atoms with Crippen molar-refractivity contribution in [1.29, 1.82) is 0 Å². The number of aliphatic hydroxyl groups is 2. The molecule has 0 aromatic rings. The molecule has 0 aromatic carbocycles. The van der Waals surface area contributed by atoms with Crippen LogP contribution in [0.4, 0.5) is 0 Å². The molecule has 0 aromatic heterocycles. The summed E-state index contributed by atoms with van der Waals surface area (Å²) in [4.78, 5) is 0. The normalized spacial score (nSPS) is 37.2. The molecular weight excluding hydrogens is 212 g/mol. The molecule has 17 heavy (non-hydrogen) atoms. The number of hydrogen-bond acceptors (Lipinski definition) is 2. The molecular formula is C15H26O2. The van der Waals surface area contributed by atoms with Crippen molar-refractivity contribution in [3.63, 3.8) is 0 Å². The van der Waals surface area contributed by atoms with Gasteiger partial charge >= 0.3 is 0 Å². The van der Waals surface area contributed by atoms with Crippen molar-refractivity contribution in [2.24, 2.45) is 11.8 Å². The third kappa shape index (κ3) is 3.20. The summed E-state index contributed by atoms with van der Waals surface area (Å²) in [5, 5.41) is 20.6. The van der Waals surface area contributed by atoms with Crippen LogP contribution < -0.4 is 0 Å². The minimum absolute atomic E-state index is 0.137. The van der Waals surface area contributed by atoms with Crippen molar-refractivity contribution >= 4 is 0 Å². The van der Waals surface area contributed by atoms with Gasteiger partial charge in [-0.2, -0.15) is 0 Å². The first-order valence-corrected chi connectivity index (χ1v) is 6.45. The molecule has 1 aliphatic rings. The molecule has 0 aliphatic heterocycles. The zero-order valence-corrected chi connectivity index (χ0v) is 11.5. The van der Waals surface area contributed by atoms with Crippen LogP contribution in [0.3, 0.4) is 0 Å². The molecule has 4 atom stereocenters. The lowest BCUT2D eigenvalue weighted by atomic mass is 9.68. The minimum Gasteiger partial charge on any atom is -0.389 e. The monoisotopic (exact) mass is 238 g/mol. The van der Waals surface area contributed by atoms with E-state index in [0.29, 0.717) is 6.42 Å². The fourth-order valence-electron chi connectivity index (χ4n) is 2.61. The van der Waals surface area contributed by atoms with Gasteiger partial charge in [0.1, 0.15) is 0 Å². The van der Waals surface area contributed by atoms with E-state index in [2.05, 4.69) is 26.5 Å². The van der Waals surface area contributed by atoms with Gasteiger partial charge in [0.25, 0.3) is 0 Å². The summed E-state index contributed by atoms with van der Waals surface area (Å²) in [6, 6.07) is 0. The molecule has 0 amide bonds. The van der Waals surface area contributed by atoms with Crippen molar-refractivity contribution in [2.75, 3.05) is 0 Å². The van der Waals surface area contributed by atoms with Crippen LogP contribution in [0.1, 0.15) is 47.0 Å². The highest BCUT2D eigenvalue weighted by Gasteiger charge is 2.40. The smallest absolute Gasteiger partial charge is 0.0797 e. The molecule has 0 bridgehead atoms. The van der Waals surface area contributed by atoms with E-state index in [1.165, 1.54) is 5.57 Å². The van der Waals surface area contributed by atoms with Crippen molar-refractivity contribution in [3.8, 4) is 0 Å². The van der Waals surface area contributed by atoms with Crippen LogP contribution >= 0.6 is 0 Å². The first-order chi connectivity index (χ1) is 7.70. The quantitative estimate of drug-likeness (QED) is 0.739. The van der Waals surface area contributed by atoms with Gasteiger partial charge in [0, 0.05) is 5.92 Å². The molecule has 0 saturated heterocycles. The van der Waals surface area contributed by atoms with Gasteiger partial charge in [-0.15, -0.1) is 6.58 Å². The second-order valence-corrected chi connectivity index (χ2v) is 5.96. The van der Waals surface area contributed by atoms with E-state index in [0.717, 1.165) is 12.8 Å². The van der Waals surface area contributed by atoms with Crippen molar-refractivity contribution in [3.05, 3.63) is 24.3 Å². The molecule has 0 fully saturated rings. The predicted octanol–water partition coefficient (Wildman–Crippen LogP) is 3.06. The zero-order chi connectivity index (χ0) is 13.3. The van der Waals surface area contributed by atoms with Crippen LogP contribution in [0.25, 0.3) is 0 Å². The third-order valence-electron chi connectivity index (χ3n) is 4.43. The average Bonchev–Trinajstić information content (AvgIpc) is 2.23. The molecule has 0 unspecified atom stereocenters. The van der Waals surface area contributed by atoms with Gasteiger partial charge in [-0.1, -0.05) is 24.6 Å². The maximum absolute atomic E-state index is 10.6. The molecule has 0 radical (unpaired) electrons. The van der Waals surface area contributed by atoms with Crippen molar-refractivity contribution < 1.29 is 10.2 Å². The Labute approximate surface area is 105 Å². The lowest BCUT2D eigenvalue weighted by molar-refractivity contribution is -0.0487. The lowest BCUT2D eigenvalue weighted by Crippen LogP contribution is -2.44. The highest BCUT2D eigenvalue weighted by atomic mass is 16.3. The SMILES string of the molecule is C=C[C@@](C)(O)CC[C@H]1C(C)=CC[C@H](C)[C@@]1(C)O. The Morgan fingerprint density at radius 1 is 1.65 bits per heavy atom. The van der Waals surface area contributed by atoms with Crippen LogP contribution in [0, 0.1) is 11.8 Å². The van der Waals surface area contributed by atoms with E-state index in [1.807, 2.05) is 6.92 Å². The van der Waals surface area contributed by atoms with E-state index in [9.17, 15) is 10.2 Å². The first kappa shape index (κ1) is 14.5. The van der Waals surface area contributed by atoms with E-state index < -0.39 is 11.2 Å². The standard InChI is InChI=1S/C15H26O2/c1-6-14(4,16)10-9-13-11(2)7-8-12(3)15(13,5)17/h6-7,12-13,16-17H,1,8-10H2,2-5H3/t12-,13-,14+,15+/m0/s1. The van der Waals surface area contributed by atoms with Crippen molar-refractivity contribution in [2.45, 2.75) is 58.2 Å². The second-order valence-electron chi connectivity index (χ2n) is 5.96. The molecule has 98 valence electrons. The van der Waals surface area contributed by atoms with E-state index in [4.69, 9.17) is 0 Å². The van der Waals surface area contributed by atoms with Gasteiger partial charge in [-0.05, 0) is 46.0 Å². The maximum atomic E-state index is 10.6. The lowest BCUT2D eigenvalue weighted by Gasteiger charge is -2.42. The average molecular weight is 238 g/mol. The highest BCUT2D eigenvalue weighted by Crippen LogP contribution is 2.41. The van der Waals surface area contributed by atoms with Crippen LogP contribution in [-0.4, -0.2) is 21.4 Å². The summed E-state index contributed by atoms with van der Waals surface area (Å²) in [6.45, 7) is 11.5. The molecule has 0 spiro atoms. The Balaban J connectivity index is 2.77. The van der Waals surface area contributed by atoms with Crippen LogP contribution in [0.2, 0.25) is 0 Å². The summed E-state index contributed by atoms with van der Waals surface area (Å²) in [5.41, 5.74) is -0.263. The molecule has 0 saturated carbocycles. The third-order valence-corrected chi connectivity index (χ3v) is 4.43. The number of allylic oxidation sites excluding steroid dienone is 1. The van der Waals surface area contributed by atoms with Gasteiger partial charge in [-0.3, -0.25) is 0 Å². The fraction of sp³-hybridized carbons (Fsp3) is 0.733. The molecule has 1 rings (SSSR count). The second kappa shape index (κ2) is 4.95. The molecule has 0 heterocycles. The minimum atomic E-state index is -0.836. The Morgan fingerprint density at radius 3 is 2.76 bits per heavy atom. The molecule has 2 N–H and O–H groups in total. The Morgan fingerprint density at radius 2 is 2.24 bits per heavy atom. The fourth-order valence-corrected chi connectivity index (χ4v) is 2.61. The topological polar surface area (TPSA) is 40.5 Å². The summed E-state index contributed by atoms with van der Waals surface area (Å²) in [7, 11) is 0. The van der Waals surface area contributed by atoms with E-state index in [-0.39, 0.29) is 11.8 Å². The number of hydrogen-bond donors (Lipinski definition) is 2. The van der Waals surface area contributed by atoms with Crippen LogP contribution in [0.5, 0.6) is 0 Å². The Bertz CT molecular complexity index is 313. The number of rotatable bonds is 4. The zero-order valence-electron chi connectivity index (χ0n) is 11.5. The Kier molecular flexibility index (Phi) is 4.21. The highest BCUT2D eigenvalue weighted by molar-refractivity contribution is 5.16. The van der Waals surface area contributed by atoms with Gasteiger partial charge in [0.05, 0.1) is 11.2 Å². The maximum Gasteiger partial charge on any atom is 0.0797 e. The van der Waals surface area contributed by atoms with Gasteiger partial charge < -0.3 is 10.2 Å². The summed E-state index contributed by atoms with van der Waals surface area (Å²) >= 11 is 0. The summed E-state index contributed by atoms with van der Waals surface area (Å²) in [6.07, 6.45) is 6.16. The van der Waals surface area contributed by atoms with Gasteiger partial charge in [0.15, 0.2) is 0 Å². The van der Waals surface area contributed by atoms with Gasteiger partial charge in [-0.25, -0.2) is 0 Å².